The number of rotatable bonds is 3. The minimum Gasteiger partial charge on any atom is -0.313 e. The molecular formula is C10H11BrN2. The van der Waals surface area contributed by atoms with Gasteiger partial charge in [0.15, 0.2) is 6.19 Å². The van der Waals surface area contributed by atoms with Crippen molar-refractivity contribution in [1.29, 1.82) is 5.26 Å². The number of nitrogens with one attached hydrogen (secondary N) is 1. The van der Waals surface area contributed by atoms with Gasteiger partial charge in [-0.25, -0.2) is 0 Å². The second kappa shape index (κ2) is 4.29. The highest BCUT2D eigenvalue weighted by Gasteiger charge is 2.23. The maximum atomic E-state index is 8.61. The lowest BCUT2D eigenvalue weighted by molar-refractivity contribution is 0.487. The Balaban J connectivity index is 2.97. The number of alkyl halides is 1. The zero-order valence-electron chi connectivity index (χ0n) is 7.42. The molecule has 0 aromatic heterocycles. The van der Waals surface area contributed by atoms with Gasteiger partial charge in [0.1, 0.15) is 0 Å². The van der Waals surface area contributed by atoms with Crippen molar-refractivity contribution in [1.82, 2.24) is 5.32 Å². The minimum absolute atomic E-state index is 0.310. The number of nitrogens with zero attached hydrogens (tertiary/aromatic N) is 1. The van der Waals surface area contributed by atoms with Gasteiger partial charge >= 0.3 is 0 Å². The lowest BCUT2D eigenvalue weighted by Gasteiger charge is -2.26. The molecule has 0 saturated heterocycles. The molecule has 1 aromatic rings. The summed E-state index contributed by atoms with van der Waals surface area (Å²) in [5, 5.41) is 12.1. The number of nitriles is 1. The molecule has 0 aliphatic rings. The second-order valence-corrected chi connectivity index (χ2v) is 3.63. The van der Waals surface area contributed by atoms with E-state index in [-0.39, 0.29) is 5.54 Å². The zero-order chi connectivity index (χ0) is 9.73. The number of benzene rings is 1. The normalized spacial score (nSPS) is 14.2. The van der Waals surface area contributed by atoms with Crippen LogP contribution in [0.15, 0.2) is 30.3 Å². The van der Waals surface area contributed by atoms with E-state index in [0.717, 1.165) is 5.56 Å². The van der Waals surface area contributed by atoms with Crippen LogP contribution in [-0.2, 0) is 5.54 Å². The standard InChI is InChI=1S/C10H11BrN2/c1-10(7-11,13-8-12)9-5-3-2-4-6-9/h2-6,13H,7H2,1H3. The zero-order valence-corrected chi connectivity index (χ0v) is 9.01. The van der Waals surface area contributed by atoms with E-state index in [1.165, 1.54) is 0 Å². The molecule has 3 heteroatoms. The van der Waals surface area contributed by atoms with Gasteiger partial charge in [0.05, 0.1) is 5.54 Å². The largest absolute Gasteiger partial charge is 0.313 e. The molecular weight excluding hydrogens is 228 g/mol. The minimum atomic E-state index is -0.310. The van der Waals surface area contributed by atoms with Crippen LogP contribution >= 0.6 is 15.9 Å². The van der Waals surface area contributed by atoms with Crippen LogP contribution in [0.4, 0.5) is 0 Å². The Morgan fingerprint density at radius 2 is 2.08 bits per heavy atom. The molecule has 1 atom stereocenters. The Kier molecular flexibility index (Phi) is 3.32. The molecule has 13 heavy (non-hydrogen) atoms. The van der Waals surface area contributed by atoms with Crippen molar-refractivity contribution in [3.8, 4) is 6.19 Å². The fourth-order valence-electron chi connectivity index (χ4n) is 1.11. The van der Waals surface area contributed by atoms with Gasteiger partial charge in [-0.05, 0) is 12.5 Å². The Morgan fingerprint density at radius 1 is 1.46 bits per heavy atom. The Morgan fingerprint density at radius 3 is 2.54 bits per heavy atom. The highest BCUT2D eigenvalue weighted by molar-refractivity contribution is 9.09. The first kappa shape index (κ1) is 10.1. The van der Waals surface area contributed by atoms with Crippen LogP contribution in [0.2, 0.25) is 0 Å². The summed E-state index contributed by atoms with van der Waals surface area (Å²) in [6.07, 6.45) is 1.98. The predicted octanol–water partition coefficient (Wildman–Crippen LogP) is 2.37. The van der Waals surface area contributed by atoms with Crippen molar-refractivity contribution in [3.63, 3.8) is 0 Å². The van der Waals surface area contributed by atoms with Crippen molar-refractivity contribution < 1.29 is 0 Å². The van der Waals surface area contributed by atoms with Crippen LogP contribution in [0.3, 0.4) is 0 Å². The van der Waals surface area contributed by atoms with Crippen molar-refractivity contribution in [2.75, 3.05) is 5.33 Å². The van der Waals surface area contributed by atoms with Crippen LogP contribution in [0, 0.1) is 11.5 Å². The third-order valence-electron chi connectivity index (χ3n) is 2.01. The van der Waals surface area contributed by atoms with Gasteiger partial charge in [0.25, 0.3) is 0 Å². The monoisotopic (exact) mass is 238 g/mol. The van der Waals surface area contributed by atoms with E-state index in [2.05, 4.69) is 21.2 Å². The van der Waals surface area contributed by atoms with Crippen molar-refractivity contribution in [2.24, 2.45) is 0 Å². The van der Waals surface area contributed by atoms with Crippen molar-refractivity contribution in [2.45, 2.75) is 12.5 Å². The van der Waals surface area contributed by atoms with Crippen LogP contribution in [0.25, 0.3) is 0 Å². The Labute approximate surface area is 86.7 Å². The summed E-state index contributed by atoms with van der Waals surface area (Å²) >= 11 is 3.40. The number of halogens is 1. The summed E-state index contributed by atoms with van der Waals surface area (Å²) in [5.41, 5.74) is 0.796. The maximum Gasteiger partial charge on any atom is 0.177 e. The van der Waals surface area contributed by atoms with E-state index in [4.69, 9.17) is 5.26 Å². The smallest absolute Gasteiger partial charge is 0.177 e. The molecule has 0 aliphatic carbocycles. The summed E-state index contributed by atoms with van der Waals surface area (Å²) in [4.78, 5) is 0. The Bertz CT molecular complexity index is 304. The summed E-state index contributed by atoms with van der Waals surface area (Å²) < 4.78 is 0. The van der Waals surface area contributed by atoms with E-state index < -0.39 is 0 Å². The first-order valence-corrected chi connectivity index (χ1v) is 5.13. The molecule has 0 bridgehead atoms. The molecule has 0 fully saturated rings. The molecule has 1 rings (SSSR count). The molecule has 0 amide bonds. The molecule has 1 N–H and O–H groups in total. The fourth-order valence-corrected chi connectivity index (χ4v) is 1.58. The molecule has 1 unspecified atom stereocenters. The SMILES string of the molecule is CC(CBr)(NC#N)c1ccccc1. The van der Waals surface area contributed by atoms with Crippen molar-refractivity contribution >= 4 is 15.9 Å². The molecule has 2 nitrogen and oxygen atoms in total. The molecule has 1 aromatic carbocycles. The lowest BCUT2D eigenvalue weighted by Crippen LogP contribution is -2.37. The summed E-state index contributed by atoms with van der Waals surface area (Å²) in [6.45, 7) is 1.99. The summed E-state index contributed by atoms with van der Waals surface area (Å²) in [6, 6.07) is 9.91. The van der Waals surface area contributed by atoms with Gasteiger partial charge in [-0.3, -0.25) is 0 Å². The topological polar surface area (TPSA) is 35.8 Å². The van der Waals surface area contributed by atoms with Crippen LogP contribution in [0.1, 0.15) is 12.5 Å². The van der Waals surface area contributed by atoms with E-state index in [1.807, 2.05) is 43.4 Å². The van der Waals surface area contributed by atoms with E-state index in [1.54, 1.807) is 0 Å². The average molecular weight is 239 g/mol. The quantitative estimate of drug-likeness (QED) is 0.499. The molecule has 0 spiro atoms. The third-order valence-corrected chi connectivity index (χ3v) is 3.13. The first-order chi connectivity index (χ1) is 6.23. The molecule has 68 valence electrons. The molecule has 0 heterocycles. The lowest BCUT2D eigenvalue weighted by atomic mass is 9.95. The van der Waals surface area contributed by atoms with Gasteiger partial charge in [-0.1, -0.05) is 46.3 Å². The highest BCUT2D eigenvalue weighted by Crippen LogP contribution is 2.22. The highest BCUT2D eigenvalue weighted by atomic mass is 79.9. The van der Waals surface area contributed by atoms with Gasteiger partial charge in [-0.15, -0.1) is 0 Å². The van der Waals surface area contributed by atoms with Crippen LogP contribution in [-0.4, -0.2) is 5.33 Å². The average Bonchev–Trinajstić information content (AvgIpc) is 2.19. The summed E-state index contributed by atoms with van der Waals surface area (Å²) in [5.74, 6) is 0. The third kappa shape index (κ3) is 2.22. The molecule has 0 aliphatic heterocycles. The summed E-state index contributed by atoms with van der Waals surface area (Å²) in [7, 11) is 0. The van der Waals surface area contributed by atoms with E-state index in [9.17, 15) is 0 Å². The maximum absolute atomic E-state index is 8.61. The van der Waals surface area contributed by atoms with Gasteiger partial charge in [0.2, 0.25) is 0 Å². The van der Waals surface area contributed by atoms with Gasteiger partial charge < -0.3 is 5.32 Å². The number of hydrogen-bond donors (Lipinski definition) is 1. The Hall–Kier alpha value is -1.01. The predicted molar refractivity (Wildman–Crippen MR) is 56.3 cm³/mol. The van der Waals surface area contributed by atoms with Gasteiger partial charge in [-0.2, -0.15) is 5.26 Å². The number of hydrogen-bond acceptors (Lipinski definition) is 2. The van der Waals surface area contributed by atoms with Crippen LogP contribution in [0.5, 0.6) is 0 Å². The molecule has 0 radical (unpaired) electrons. The fraction of sp³-hybridized carbons (Fsp3) is 0.300. The van der Waals surface area contributed by atoms with E-state index in [0.29, 0.717) is 5.33 Å². The van der Waals surface area contributed by atoms with Crippen molar-refractivity contribution in [3.05, 3.63) is 35.9 Å². The van der Waals surface area contributed by atoms with Crippen LogP contribution < -0.4 is 5.32 Å². The first-order valence-electron chi connectivity index (χ1n) is 4.01. The molecule has 0 saturated carbocycles. The van der Waals surface area contributed by atoms with Gasteiger partial charge in [0, 0.05) is 5.33 Å². The second-order valence-electron chi connectivity index (χ2n) is 3.07. The van der Waals surface area contributed by atoms with E-state index >= 15 is 0 Å².